The molecule has 2 N–H and O–H groups in total. The van der Waals surface area contributed by atoms with E-state index in [1.54, 1.807) is 6.07 Å². The fraction of sp³-hybridized carbons (Fsp3) is 0.429. The van der Waals surface area contributed by atoms with Crippen LogP contribution in [0.15, 0.2) is 24.4 Å². The summed E-state index contributed by atoms with van der Waals surface area (Å²) in [6, 6.07) is 6.05. The highest BCUT2D eigenvalue weighted by molar-refractivity contribution is 5.93. The molecule has 0 saturated heterocycles. The summed E-state index contributed by atoms with van der Waals surface area (Å²) >= 11 is 0. The van der Waals surface area contributed by atoms with Gasteiger partial charge in [0.25, 0.3) is 0 Å². The fourth-order valence-corrected chi connectivity index (χ4v) is 2.75. The minimum Gasteiger partial charge on any atom is -0.476 e. The van der Waals surface area contributed by atoms with Crippen molar-refractivity contribution >= 4 is 11.5 Å². The molecule has 0 unspecified atom stereocenters. The zero-order valence-electron chi connectivity index (χ0n) is 10.7. The van der Waals surface area contributed by atoms with Gasteiger partial charge in [-0.2, -0.15) is 0 Å². The van der Waals surface area contributed by atoms with Gasteiger partial charge in [-0.25, -0.2) is 9.78 Å². The van der Waals surface area contributed by atoms with Crippen LogP contribution in [0.2, 0.25) is 0 Å². The van der Waals surface area contributed by atoms with Gasteiger partial charge in [-0.1, -0.05) is 18.9 Å². The van der Waals surface area contributed by atoms with Crippen LogP contribution in [0.25, 0.3) is 5.52 Å². The molecule has 2 heterocycles. The highest BCUT2D eigenvalue weighted by Gasteiger charge is 2.18. The molecule has 100 valence electrons. The number of nitrogens with one attached hydrogen (secondary N) is 1. The zero-order chi connectivity index (χ0) is 13.2. The molecule has 0 bridgehead atoms. The third-order valence-electron chi connectivity index (χ3n) is 3.73. The molecule has 2 aromatic rings. The maximum atomic E-state index is 11.2. The lowest BCUT2D eigenvalue weighted by Gasteiger charge is -2.10. The number of imidazole rings is 1. The minimum atomic E-state index is -0.976. The summed E-state index contributed by atoms with van der Waals surface area (Å²) in [6.07, 6.45) is 6.82. The number of rotatable bonds is 4. The van der Waals surface area contributed by atoms with Crippen molar-refractivity contribution in [2.75, 3.05) is 0 Å². The fourth-order valence-electron chi connectivity index (χ4n) is 2.75. The Hall–Kier alpha value is -1.88. The van der Waals surface area contributed by atoms with E-state index in [1.807, 2.05) is 22.7 Å². The Bertz CT molecular complexity index is 600. The first-order valence-corrected chi connectivity index (χ1v) is 6.68. The number of hydrogen-bond donors (Lipinski definition) is 2. The first kappa shape index (κ1) is 12.2. The number of hydrogen-bond acceptors (Lipinski definition) is 3. The molecule has 5 nitrogen and oxygen atoms in total. The van der Waals surface area contributed by atoms with Crippen LogP contribution in [0.3, 0.4) is 0 Å². The van der Waals surface area contributed by atoms with E-state index in [-0.39, 0.29) is 5.69 Å². The quantitative estimate of drug-likeness (QED) is 0.882. The molecule has 19 heavy (non-hydrogen) atoms. The van der Waals surface area contributed by atoms with Crippen molar-refractivity contribution in [1.82, 2.24) is 14.7 Å². The first-order valence-electron chi connectivity index (χ1n) is 6.68. The molecule has 1 aliphatic carbocycles. The lowest BCUT2D eigenvalue weighted by molar-refractivity contribution is 0.0693. The SMILES string of the molecule is O=C(O)c1nc(CNC2CCCC2)n2ccccc12. The van der Waals surface area contributed by atoms with Crippen molar-refractivity contribution in [3.05, 3.63) is 35.9 Å². The molecule has 0 aromatic carbocycles. The van der Waals surface area contributed by atoms with Crippen LogP contribution in [0, 0.1) is 0 Å². The van der Waals surface area contributed by atoms with Gasteiger partial charge in [0.1, 0.15) is 5.82 Å². The van der Waals surface area contributed by atoms with Gasteiger partial charge in [-0.05, 0) is 25.0 Å². The van der Waals surface area contributed by atoms with E-state index in [1.165, 1.54) is 25.7 Å². The van der Waals surface area contributed by atoms with Crippen molar-refractivity contribution in [1.29, 1.82) is 0 Å². The largest absolute Gasteiger partial charge is 0.476 e. The molecule has 1 saturated carbocycles. The standard InChI is InChI=1S/C14H17N3O2/c18-14(19)13-11-7-3-4-8-17(11)12(16-13)9-15-10-5-1-2-6-10/h3-4,7-8,10,15H,1-2,5-6,9H2,(H,18,19). The third kappa shape index (κ3) is 2.33. The Morgan fingerprint density at radius 1 is 1.42 bits per heavy atom. The van der Waals surface area contributed by atoms with Gasteiger partial charge in [0.2, 0.25) is 0 Å². The maximum absolute atomic E-state index is 11.2. The molecular formula is C14H17N3O2. The second-order valence-electron chi connectivity index (χ2n) is 5.00. The van der Waals surface area contributed by atoms with Crippen molar-refractivity contribution < 1.29 is 9.90 Å². The third-order valence-corrected chi connectivity index (χ3v) is 3.73. The second kappa shape index (κ2) is 5.01. The summed E-state index contributed by atoms with van der Waals surface area (Å²) in [5.41, 5.74) is 0.780. The van der Waals surface area contributed by atoms with Crippen LogP contribution in [0.1, 0.15) is 42.0 Å². The van der Waals surface area contributed by atoms with Gasteiger partial charge in [0.15, 0.2) is 5.69 Å². The molecule has 2 aromatic heterocycles. The predicted molar refractivity (Wildman–Crippen MR) is 71.2 cm³/mol. The Balaban J connectivity index is 1.87. The van der Waals surface area contributed by atoms with Gasteiger partial charge in [-0.3, -0.25) is 0 Å². The molecule has 0 spiro atoms. The Morgan fingerprint density at radius 2 is 2.21 bits per heavy atom. The highest BCUT2D eigenvalue weighted by atomic mass is 16.4. The van der Waals surface area contributed by atoms with Crippen LogP contribution < -0.4 is 5.32 Å². The molecule has 0 aliphatic heterocycles. The highest BCUT2D eigenvalue weighted by Crippen LogP contribution is 2.19. The molecule has 0 radical (unpaired) electrons. The molecule has 1 fully saturated rings. The van der Waals surface area contributed by atoms with E-state index in [9.17, 15) is 9.90 Å². The lowest BCUT2D eigenvalue weighted by atomic mass is 10.2. The van der Waals surface area contributed by atoms with E-state index in [4.69, 9.17) is 0 Å². The van der Waals surface area contributed by atoms with Crippen LogP contribution >= 0.6 is 0 Å². The summed E-state index contributed by atoms with van der Waals surface area (Å²) in [4.78, 5) is 15.4. The smallest absolute Gasteiger partial charge is 0.356 e. The van der Waals surface area contributed by atoms with E-state index >= 15 is 0 Å². The van der Waals surface area contributed by atoms with Gasteiger partial charge in [-0.15, -0.1) is 0 Å². The second-order valence-corrected chi connectivity index (χ2v) is 5.00. The van der Waals surface area contributed by atoms with Crippen LogP contribution in [-0.4, -0.2) is 26.5 Å². The molecular weight excluding hydrogens is 242 g/mol. The predicted octanol–water partition coefficient (Wildman–Crippen LogP) is 2.06. The summed E-state index contributed by atoms with van der Waals surface area (Å²) in [7, 11) is 0. The Kier molecular flexibility index (Phi) is 3.21. The number of pyridine rings is 1. The van der Waals surface area contributed by atoms with Crippen LogP contribution in [0.4, 0.5) is 0 Å². The average Bonchev–Trinajstić information content (AvgIpc) is 3.04. The van der Waals surface area contributed by atoms with Gasteiger partial charge in [0.05, 0.1) is 12.1 Å². The maximum Gasteiger partial charge on any atom is 0.356 e. The van der Waals surface area contributed by atoms with E-state index < -0.39 is 5.97 Å². The van der Waals surface area contributed by atoms with Crippen molar-refractivity contribution in [2.24, 2.45) is 0 Å². The summed E-state index contributed by atoms with van der Waals surface area (Å²) in [5, 5.41) is 12.6. The Labute approximate surface area is 111 Å². The molecule has 0 amide bonds. The van der Waals surface area contributed by atoms with Crippen LogP contribution in [0.5, 0.6) is 0 Å². The van der Waals surface area contributed by atoms with E-state index in [2.05, 4.69) is 10.3 Å². The van der Waals surface area contributed by atoms with E-state index in [0.717, 1.165) is 5.82 Å². The van der Waals surface area contributed by atoms with Crippen LogP contribution in [-0.2, 0) is 6.54 Å². The minimum absolute atomic E-state index is 0.129. The lowest BCUT2D eigenvalue weighted by Crippen LogP contribution is -2.26. The number of nitrogens with zero attached hydrogens (tertiary/aromatic N) is 2. The molecule has 5 heteroatoms. The Morgan fingerprint density at radius 3 is 2.95 bits per heavy atom. The van der Waals surface area contributed by atoms with Crippen molar-refractivity contribution in [3.63, 3.8) is 0 Å². The number of fused-ring (bicyclic) bond motifs is 1. The average molecular weight is 259 g/mol. The normalized spacial score (nSPS) is 16.2. The summed E-state index contributed by atoms with van der Waals surface area (Å²) < 4.78 is 1.85. The molecule has 3 rings (SSSR count). The first-order chi connectivity index (χ1) is 9.25. The molecule has 1 aliphatic rings. The zero-order valence-corrected chi connectivity index (χ0v) is 10.7. The number of carbonyl (C=O) groups is 1. The summed E-state index contributed by atoms with van der Waals surface area (Å²) in [5.74, 6) is -0.212. The number of carboxylic acid groups (broad SMARTS) is 1. The number of aromatic nitrogens is 2. The monoisotopic (exact) mass is 259 g/mol. The van der Waals surface area contributed by atoms with Gasteiger partial charge >= 0.3 is 5.97 Å². The summed E-state index contributed by atoms with van der Waals surface area (Å²) in [6.45, 7) is 0.614. The topological polar surface area (TPSA) is 66.6 Å². The van der Waals surface area contributed by atoms with Crippen molar-refractivity contribution in [2.45, 2.75) is 38.3 Å². The van der Waals surface area contributed by atoms with Gasteiger partial charge in [0, 0.05) is 12.2 Å². The number of aromatic carboxylic acids is 1. The molecule has 0 atom stereocenters. The van der Waals surface area contributed by atoms with Crippen molar-refractivity contribution in [3.8, 4) is 0 Å². The van der Waals surface area contributed by atoms with Gasteiger partial charge < -0.3 is 14.8 Å². The number of carboxylic acids is 1. The van der Waals surface area contributed by atoms with E-state index in [0.29, 0.717) is 18.1 Å².